The first-order chi connectivity index (χ1) is 26.0. The maximum atomic E-state index is 12.7. The molecule has 0 aliphatic heterocycles. The van der Waals surface area contributed by atoms with Crippen LogP contribution < -0.4 is 10.2 Å². The summed E-state index contributed by atoms with van der Waals surface area (Å²) in [5.41, 5.74) is 0. The van der Waals surface area contributed by atoms with Gasteiger partial charge < -0.3 is 28.8 Å². The van der Waals surface area contributed by atoms with Crippen molar-refractivity contribution in [1.29, 1.82) is 0 Å². The van der Waals surface area contributed by atoms with Crippen molar-refractivity contribution in [2.75, 3.05) is 40.9 Å². The molecular formula is C45H89N2O6P. The summed E-state index contributed by atoms with van der Waals surface area (Å²) in [6.07, 6.45) is 44.1. The van der Waals surface area contributed by atoms with Crippen LogP contribution in [0.25, 0.3) is 0 Å². The van der Waals surface area contributed by atoms with E-state index in [0.29, 0.717) is 17.4 Å². The van der Waals surface area contributed by atoms with Crippen LogP contribution in [-0.4, -0.2) is 68.5 Å². The summed E-state index contributed by atoms with van der Waals surface area (Å²) in [4.78, 5) is 25.1. The lowest BCUT2D eigenvalue weighted by molar-refractivity contribution is -0.870. The zero-order valence-corrected chi connectivity index (χ0v) is 37.1. The number of nitrogens with one attached hydrogen (secondary N) is 1. The molecule has 54 heavy (non-hydrogen) atoms. The first-order valence-electron chi connectivity index (χ1n) is 22.7. The smallest absolute Gasteiger partial charge is 0.268 e. The van der Waals surface area contributed by atoms with Crippen LogP contribution >= 0.6 is 7.82 Å². The van der Waals surface area contributed by atoms with E-state index >= 15 is 0 Å². The summed E-state index contributed by atoms with van der Waals surface area (Å²) in [6, 6.07) is -0.896. The number of likely N-dealkylation sites (N-methyl/N-ethyl adjacent to an activating group) is 1. The fourth-order valence-electron chi connectivity index (χ4n) is 6.52. The van der Waals surface area contributed by atoms with Crippen LogP contribution in [0.2, 0.25) is 0 Å². The Morgan fingerprint density at radius 1 is 0.630 bits per heavy atom. The van der Waals surface area contributed by atoms with E-state index in [-0.39, 0.29) is 12.5 Å². The second-order valence-corrected chi connectivity index (χ2v) is 18.2. The van der Waals surface area contributed by atoms with Crippen molar-refractivity contribution < 1.29 is 32.9 Å². The lowest BCUT2D eigenvalue weighted by atomic mass is 10.0. The third-order valence-electron chi connectivity index (χ3n) is 10.2. The topological polar surface area (TPSA) is 108 Å². The molecule has 9 heteroatoms. The quantitative estimate of drug-likeness (QED) is 0.0277. The monoisotopic (exact) mass is 785 g/mol. The van der Waals surface area contributed by atoms with Crippen LogP contribution in [0.3, 0.4) is 0 Å². The molecule has 8 nitrogen and oxygen atoms in total. The summed E-state index contributed by atoms with van der Waals surface area (Å²) in [7, 11) is 1.25. The largest absolute Gasteiger partial charge is 0.756 e. The van der Waals surface area contributed by atoms with Gasteiger partial charge in [0.1, 0.15) is 13.2 Å². The Balaban J connectivity index is 4.20. The molecule has 0 rings (SSSR count). The van der Waals surface area contributed by atoms with Gasteiger partial charge in [-0.2, -0.15) is 0 Å². The number of hydrogen-bond acceptors (Lipinski definition) is 6. The molecule has 0 aromatic rings. The van der Waals surface area contributed by atoms with Gasteiger partial charge in [0.2, 0.25) is 5.91 Å². The van der Waals surface area contributed by atoms with Crippen LogP contribution in [0.15, 0.2) is 24.3 Å². The minimum absolute atomic E-state index is 0.00486. The maximum Gasteiger partial charge on any atom is 0.268 e. The number of nitrogens with zero attached hydrogens (tertiary/aromatic N) is 1. The summed E-state index contributed by atoms with van der Waals surface area (Å²) in [5.74, 6) is -0.214. The van der Waals surface area contributed by atoms with Crippen molar-refractivity contribution in [2.45, 2.75) is 219 Å². The molecule has 0 aliphatic carbocycles. The zero-order chi connectivity index (χ0) is 40.0. The van der Waals surface area contributed by atoms with Gasteiger partial charge in [-0.3, -0.25) is 9.36 Å². The summed E-state index contributed by atoms with van der Waals surface area (Å²) < 4.78 is 23.1. The Morgan fingerprint density at radius 3 is 1.50 bits per heavy atom. The van der Waals surface area contributed by atoms with Gasteiger partial charge in [0.05, 0.1) is 39.9 Å². The lowest BCUT2D eigenvalue weighted by Gasteiger charge is -2.29. The van der Waals surface area contributed by atoms with Crippen molar-refractivity contribution >= 4 is 13.7 Å². The van der Waals surface area contributed by atoms with Crippen LogP contribution in [0, 0.1) is 0 Å². The van der Waals surface area contributed by atoms with E-state index in [4.69, 9.17) is 9.05 Å². The molecule has 0 heterocycles. The van der Waals surface area contributed by atoms with Gasteiger partial charge in [0.25, 0.3) is 7.82 Å². The van der Waals surface area contributed by atoms with Crippen LogP contribution in [-0.2, 0) is 18.4 Å². The van der Waals surface area contributed by atoms with E-state index < -0.39 is 26.6 Å². The number of carbonyl (C=O) groups is 1. The van der Waals surface area contributed by atoms with Gasteiger partial charge in [-0.1, -0.05) is 192 Å². The molecule has 3 atom stereocenters. The Kier molecular flexibility index (Phi) is 36.8. The molecular weight excluding hydrogens is 695 g/mol. The van der Waals surface area contributed by atoms with E-state index in [1.807, 2.05) is 27.2 Å². The predicted molar refractivity (Wildman–Crippen MR) is 228 cm³/mol. The number of phosphoric ester groups is 1. The fraction of sp³-hybridized carbons (Fsp3) is 0.889. The first-order valence-corrected chi connectivity index (χ1v) is 24.2. The van der Waals surface area contributed by atoms with Gasteiger partial charge in [-0.15, -0.1) is 0 Å². The van der Waals surface area contributed by atoms with Crippen LogP contribution in [0.4, 0.5) is 0 Å². The number of quaternary nitrogens is 1. The number of carbonyl (C=O) groups excluding carboxylic acids is 1. The van der Waals surface area contributed by atoms with E-state index in [9.17, 15) is 19.4 Å². The Bertz CT molecular complexity index is 938. The molecule has 0 bridgehead atoms. The van der Waals surface area contributed by atoms with Crippen molar-refractivity contribution in [2.24, 2.45) is 0 Å². The fourth-order valence-corrected chi connectivity index (χ4v) is 7.24. The van der Waals surface area contributed by atoms with Crippen molar-refractivity contribution in [1.82, 2.24) is 5.32 Å². The first kappa shape index (κ1) is 53.0. The van der Waals surface area contributed by atoms with Crippen molar-refractivity contribution in [3.63, 3.8) is 0 Å². The lowest BCUT2D eigenvalue weighted by Crippen LogP contribution is -2.45. The number of phosphoric acid groups is 1. The minimum atomic E-state index is -4.58. The minimum Gasteiger partial charge on any atom is -0.756 e. The highest BCUT2D eigenvalue weighted by molar-refractivity contribution is 7.45. The third kappa shape index (κ3) is 39.2. The van der Waals surface area contributed by atoms with E-state index in [2.05, 4.69) is 31.3 Å². The molecule has 2 N–H and O–H groups in total. The number of hydrogen-bond donors (Lipinski definition) is 2. The molecule has 0 aliphatic rings. The maximum absolute atomic E-state index is 12.7. The number of aliphatic hydroxyl groups is 1. The van der Waals surface area contributed by atoms with Crippen molar-refractivity contribution in [3.8, 4) is 0 Å². The van der Waals surface area contributed by atoms with Gasteiger partial charge in [-0.25, -0.2) is 0 Å². The zero-order valence-electron chi connectivity index (χ0n) is 36.2. The Labute approximate surface area is 334 Å². The second-order valence-electron chi connectivity index (χ2n) is 16.8. The molecule has 0 saturated heterocycles. The normalized spacial score (nSPS) is 14.6. The molecule has 0 aromatic heterocycles. The van der Waals surface area contributed by atoms with Crippen LogP contribution in [0.5, 0.6) is 0 Å². The Hall–Kier alpha value is -1.02. The number of rotatable bonds is 41. The average molecular weight is 785 g/mol. The van der Waals surface area contributed by atoms with Gasteiger partial charge >= 0.3 is 0 Å². The SMILES string of the molecule is CCCCCCCCCCCCCCCCCCCCC/C=C/CC/C=C/C(O)C(COP(=O)([O-])OCC[N+](C)(C)C)NC(=O)CCCCCCCCC. The average Bonchev–Trinajstić information content (AvgIpc) is 3.12. The third-order valence-corrected chi connectivity index (χ3v) is 11.1. The molecule has 3 unspecified atom stereocenters. The van der Waals surface area contributed by atoms with Crippen LogP contribution in [0.1, 0.15) is 206 Å². The van der Waals surface area contributed by atoms with Gasteiger partial charge in [0, 0.05) is 6.42 Å². The Morgan fingerprint density at radius 2 is 1.04 bits per heavy atom. The number of amides is 1. The number of unbranched alkanes of at least 4 members (excludes halogenated alkanes) is 26. The molecule has 0 aromatic carbocycles. The highest BCUT2D eigenvalue weighted by Gasteiger charge is 2.23. The summed E-state index contributed by atoms with van der Waals surface area (Å²) in [6.45, 7) is 4.58. The van der Waals surface area contributed by atoms with Gasteiger partial charge in [0.15, 0.2) is 0 Å². The molecule has 0 radical (unpaired) electrons. The highest BCUT2D eigenvalue weighted by Crippen LogP contribution is 2.38. The van der Waals surface area contributed by atoms with Crippen molar-refractivity contribution in [3.05, 3.63) is 24.3 Å². The number of allylic oxidation sites excluding steroid dienone is 3. The summed E-state index contributed by atoms with van der Waals surface area (Å²) in [5, 5.41) is 13.7. The molecule has 0 fully saturated rings. The molecule has 1 amide bonds. The predicted octanol–water partition coefficient (Wildman–Crippen LogP) is 11.9. The molecule has 0 saturated carbocycles. The highest BCUT2D eigenvalue weighted by atomic mass is 31.2. The second kappa shape index (κ2) is 37.6. The van der Waals surface area contributed by atoms with Gasteiger partial charge in [-0.05, 0) is 32.1 Å². The standard InChI is InChI=1S/C45H89N2O6P/c1-6-8-10-12-14-15-16-17-18-19-20-21-22-23-24-25-26-27-28-29-30-31-33-34-36-38-44(48)43(42-53-54(50,51)52-41-40-47(3,4)5)46-45(49)39-37-35-32-13-11-9-7-2/h30-31,36,38,43-44,48H,6-29,32-35,37,39-42H2,1-5H3,(H-,46,49,50,51)/b31-30+,38-36+. The molecule has 0 spiro atoms. The van der Waals surface area contributed by atoms with E-state index in [1.54, 1.807) is 6.08 Å². The van der Waals surface area contributed by atoms with E-state index in [1.165, 1.54) is 148 Å². The van der Waals surface area contributed by atoms with E-state index in [0.717, 1.165) is 38.5 Å². The molecule has 320 valence electrons. The number of aliphatic hydroxyl groups excluding tert-OH is 1. The summed E-state index contributed by atoms with van der Waals surface area (Å²) >= 11 is 0.